The van der Waals surface area contributed by atoms with Gasteiger partial charge >= 0.3 is 0 Å². The number of rotatable bonds is 8. The molecule has 2 rings (SSSR count). The van der Waals surface area contributed by atoms with Crippen LogP contribution in [0, 0.1) is 11.8 Å². The van der Waals surface area contributed by atoms with Gasteiger partial charge in [-0.05, 0) is 25.7 Å². The highest BCUT2D eigenvalue weighted by atomic mass is 16.5. The molecule has 4 nitrogen and oxygen atoms in total. The molecule has 0 aromatic carbocycles. The van der Waals surface area contributed by atoms with E-state index in [1.54, 1.807) is 0 Å². The van der Waals surface area contributed by atoms with Crippen LogP contribution in [0.5, 0.6) is 0 Å². The molecule has 2 heterocycles. The number of ether oxygens (including phenoxy) is 1. The van der Waals surface area contributed by atoms with Crippen LogP contribution in [-0.2, 0) is 4.74 Å². The van der Waals surface area contributed by atoms with Gasteiger partial charge in [0.2, 0.25) is 0 Å². The third kappa shape index (κ3) is 5.85. The summed E-state index contributed by atoms with van der Waals surface area (Å²) in [6.07, 6.45) is 0.359. The summed E-state index contributed by atoms with van der Waals surface area (Å²) in [5.74, 6) is 1.81. The quantitative estimate of drug-likeness (QED) is 0.677. The van der Waals surface area contributed by atoms with Crippen molar-refractivity contribution in [3.63, 3.8) is 0 Å². The summed E-state index contributed by atoms with van der Waals surface area (Å²) in [6, 6.07) is 0. The molecule has 0 N–H and O–H groups in total. The minimum absolute atomic E-state index is 0.359. The average molecular weight is 297 g/mol. The highest BCUT2D eigenvalue weighted by molar-refractivity contribution is 4.83. The van der Waals surface area contributed by atoms with Crippen LogP contribution in [0.25, 0.3) is 0 Å². The number of piperazine rings is 1. The third-order valence-electron chi connectivity index (χ3n) is 4.98. The van der Waals surface area contributed by atoms with E-state index in [1.807, 2.05) is 0 Å². The Morgan fingerprint density at radius 1 is 0.810 bits per heavy atom. The van der Waals surface area contributed by atoms with E-state index < -0.39 is 0 Å². The number of hydrogen-bond acceptors (Lipinski definition) is 4. The lowest BCUT2D eigenvalue weighted by atomic mass is 9.88. The molecule has 2 aliphatic rings. The lowest BCUT2D eigenvalue weighted by Gasteiger charge is -2.43. The fraction of sp³-hybridized carbons (Fsp3) is 1.00. The van der Waals surface area contributed by atoms with Gasteiger partial charge in [-0.3, -0.25) is 9.80 Å². The molecule has 0 amide bonds. The zero-order chi connectivity index (χ0) is 15.2. The Morgan fingerprint density at radius 2 is 1.33 bits per heavy atom. The summed E-state index contributed by atoms with van der Waals surface area (Å²) >= 11 is 0. The maximum absolute atomic E-state index is 5.64. The van der Waals surface area contributed by atoms with Gasteiger partial charge in [-0.15, -0.1) is 0 Å². The van der Waals surface area contributed by atoms with Crippen molar-refractivity contribution < 1.29 is 4.74 Å². The first-order chi connectivity index (χ1) is 10.0. The van der Waals surface area contributed by atoms with E-state index in [2.05, 4.69) is 42.4 Å². The maximum Gasteiger partial charge on any atom is 0.0596 e. The molecule has 0 bridgehead atoms. The van der Waals surface area contributed by atoms with Crippen LogP contribution < -0.4 is 0 Å². The predicted octanol–water partition coefficient (Wildman–Crippen LogP) is 1.62. The van der Waals surface area contributed by atoms with Gasteiger partial charge in [-0.1, -0.05) is 13.8 Å². The van der Waals surface area contributed by atoms with E-state index in [0.29, 0.717) is 6.10 Å². The van der Waals surface area contributed by atoms with Crippen LogP contribution in [0.4, 0.5) is 0 Å². The molecule has 0 aliphatic carbocycles. The Labute approximate surface area is 131 Å². The summed E-state index contributed by atoms with van der Waals surface area (Å²) in [4.78, 5) is 7.79. The van der Waals surface area contributed by atoms with Crippen LogP contribution in [-0.4, -0.2) is 86.3 Å². The molecule has 0 atom stereocenters. The van der Waals surface area contributed by atoms with Gasteiger partial charge in [-0.2, -0.15) is 0 Å². The Hall–Kier alpha value is -0.160. The molecular weight excluding hydrogens is 262 g/mol. The van der Waals surface area contributed by atoms with Crippen LogP contribution in [0.3, 0.4) is 0 Å². The van der Waals surface area contributed by atoms with Gasteiger partial charge in [0.1, 0.15) is 0 Å². The summed E-state index contributed by atoms with van der Waals surface area (Å²) in [6.45, 7) is 20.9. The Balaban J connectivity index is 1.50. The molecule has 0 radical (unpaired) electrons. The zero-order valence-corrected chi connectivity index (χ0v) is 14.6. The van der Waals surface area contributed by atoms with Crippen molar-refractivity contribution in [2.24, 2.45) is 11.8 Å². The largest absolute Gasteiger partial charge is 0.377 e. The standard InChI is InChI=1S/C17H35N3O/c1-15(2)17-13-20(14-17)10-9-18-5-7-19(8-6-18)11-12-21-16(3)4/h15-17H,5-14H2,1-4H3. The van der Waals surface area contributed by atoms with Crippen molar-refractivity contribution in [2.75, 3.05) is 65.5 Å². The van der Waals surface area contributed by atoms with Crippen molar-refractivity contribution in [1.82, 2.24) is 14.7 Å². The summed E-state index contributed by atoms with van der Waals surface area (Å²) in [5.41, 5.74) is 0. The van der Waals surface area contributed by atoms with E-state index in [1.165, 1.54) is 52.4 Å². The molecule has 4 heteroatoms. The summed E-state index contributed by atoms with van der Waals surface area (Å²) in [5, 5.41) is 0. The highest BCUT2D eigenvalue weighted by Crippen LogP contribution is 2.22. The Bertz CT molecular complexity index is 282. The lowest BCUT2D eigenvalue weighted by molar-refractivity contribution is 0.0330. The van der Waals surface area contributed by atoms with Gasteiger partial charge < -0.3 is 9.64 Å². The van der Waals surface area contributed by atoms with E-state index in [4.69, 9.17) is 4.74 Å². The van der Waals surface area contributed by atoms with Gasteiger partial charge in [0, 0.05) is 58.9 Å². The van der Waals surface area contributed by atoms with E-state index >= 15 is 0 Å². The molecule has 21 heavy (non-hydrogen) atoms. The van der Waals surface area contributed by atoms with Crippen molar-refractivity contribution in [3.8, 4) is 0 Å². The SMILES string of the molecule is CC(C)OCCN1CCN(CCN2CC(C(C)C)C2)CC1. The Morgan fingerprint density at radius 3 is 1.86 bits per heavy atom. The molecule has 0 unspecified atom stereocenters. The fourth-order valence-electron chi connectivity index (χ4n) is 3.15. The van der Waals surface area contributed by atoms with Crippen LogP contribution >= 0.6 is 0 Å². The van der Waals surface area contributed by atoms with Crippen LogP contribution in [0.2, 0.25) is 0 Å². The van der Waals surface area contributed by atoms with E-state index in [9.17, 15) is 0 Å². The minimum Gasteiger partial charge on any atom is -0.377 e. The molecule has 124 valence electrons. The fourth-order valence-corrected chi connectivity index (χ4v) is 3.15. The molecule has 0 aromatic heterocycles. The van der Waals surface area contributed by atoms with Gasteiger partial charge in [0.05, 0.1) is 12.7 Å². The number of nitrogens with zero attached hydrogens (tertiary/aromatic N) is 3. The first kappa shape index (κ1) is 17.2. The summed E-state index contributed by atoms with van der Waals surface area (Å²) in [7, 11) is 0. The average Bonchev–Trinajstić information content (AvgIpc) is 2.38. The van der Waals surface area contributed by atoms with E-state index in [0.717, 1.165) is 25.0 Å². The second kappa shape index (κ2) is 8.47. The maximum atomic E-state index is 5.64. The van der Waals surface area contributed by atoms with Crippen molar-refractivity contribution >= 4 is 0 Å². The molecule has 0 saturated carbocycles. The topological polar surface area (TPSA) is 19.0 Å². The minimum atomic E-state index is 0.359. The van der Waals surface area contributed by atoms with Crippen molar-refractivity contribution in [3.05, 3.63) is 0 Å². The molecule has 2 aliphatic heterocycles. The van der Waals surface area contributed by atoms with Gasteiger partial charge in [0.25, 0.3) is 0 Å². The number of likely N-dealkylation sites (tertiary alicyclic amines) is 1. The van der Waals surface area contributed by atoms with Crippen LogP contribution in [0.1, 0.15) is 27.7 Å². The summed E-state index contributed by atoms with van der Waals surface area (Å²) < 4.78 is 5.64. The zero-order valence-electron chi connectivity index (χ0n) is 14.6. The molecule has 0 aromatic rings. The Kier molecular flexibility index (Phi) is 6.93. The van der Waals surface area contributed by atoms with Crippen molar-refractivity contribution in [2.45, 2.75) is 33.8 Å². The normalized spacial score (nSPS) is 23.1. The lowest BCUT2D eigenvalue weighted by Crippen LogP contribution is -2.53. The molecule has 0 spiro atoms. The highest BCUT2D eigenvalue weighted by Gasteiger charge is 2.29. The predicted molar refractivity (Wildman–Crippen MR) is 88.7 cm³/mol. The second-order valence-corrected chi connectivity index (χ2v) is 7.37. The molecule has 2 saturated heterocycles. The molecule has 2 fully saturated rings. The number of hydrogen-bond donors (Lipinski definition) is 0. The monoisotopic (exact) mass is 297 g/mol. The third-order valence-corrected chi connectivity index (χ3v) is 4.98. The smallest absolute Gasteiger partial charge is 0.0596 e. The van der Waals surface area contributed by atoms with Crippen molar-refractivity contribution in [1.29, 1.82) is 0 Å². The first-order valence-electron chi connectivity index (χ1n) is 8.83. The molecular formula is C17H35N3O. The van der Waals surface area contributed by atoms with Crippen LogP contribution in [0.15, 0.2) is 0 Å². The van der Waals surface area contributed by atoms with Gasteiger partial charge in [0.15, 0.2) is 0 Å². The van der Waals surface area contributed by atoms with E-state index in [-0.39, 0.29) is 0 Å². The van der Waals surface area contributed by atoms with Gasteiger partial charge in [-0.25, -0.2) is 0 Å². The second-order valence-electron chi connectivity index (χ2n) is 7.37. The first-order valence-corrected chi connectivity index (χ1v) is 8.83.